The van der Waals surface area contributed by atoms with Crippen molar-refractivity contribution in [3.05, 3.63) is 29.8 Å². The number of carbonyl (C=O) groups is 2. The summed E-state index contributed by atoms with van der Waals surface area (Å²) in [5.74, 6) is 0.302. The second-order valence-electron chi connectivity index (χ2n) is 4.20. The molecule has 6 nitrogen and oxygen atoms in total. The molecule has 0 aromatic heterocycles. The average Bonchev–Trinajstić information content (AvgIpc) is 2.82. The maximum Gasteiger partial charge on any atom is 0.241 e. The third-order valence-corrected chi connectivity index (χ3v) is 3.73. The highest BCUT2D eigenvalue weighted by atomic mass is 32.2. The topological polar surface area (TPSA) is 71.0 Å². The summed E-state index contributed by atoms with van der Waals surface area (Å²) in [7, 11) is 1.59. The summed E-state index contributed by atoms with van der Waals surface area (Å²) < 4.78 is 5.18. The van der Waals surface area contributed by atoms with E-state index in [4.69, 9.17) is 4.74 Å². The fraction of sp³-hybridized carbons (Fsp3) is 0.308. The number of benzene rings is 1. The number of hydrazone groups is 1. The molecule has 0 aliphatic carbocycles. The van der Waals surface area contributed by atoms with Crippen LogP contribution in [0, 0.1) is 0 Å². The number of carbonyl (C=O) groups excluding carboxylic acids is 2. The van der Waals surface area contributed by atoms with Crippen LogP contribution in [0.5, 0.6) is 5.75 Å². The first-order valence-corrected chi connectivity index (χ1v) is 6.86. The Labute approximate surface area is 121 Å². The number of hydrogen-bond donors (Lipinski definition) is 1. The molecule has 20 heavy (non-hydrogen) atoms. The summed E-state index contributed by atoms with van der Waals surface area (Å²) in [6, 6.07) is 7.42. The zero-order chi connectivity index (χ0) is 14.7. The second kappa shape index (κ2) is 5.96. The predicted molar refractivity (Wildman–Crippen MR) is 77.1 cm³/mol. The number of nitrogens with one attached hydrogen (secondary N) is 1. The minimum absolute atomic E-state index is 0.189. The Morgan fingerprint density at radius 2 is 2.15 bits per heavy atom. The van der Waals surface area contributed by atoms with Crippen LogP contribution in [0.3, 0.4) is 0 Å². The van der Waals surface area contributed by atoms with E-state index >= 15 is 0 Å². The molecule has 0 unspecified atom stereocenters. The van der Waals surface area contributed by atoms with Crippen LogP contribution in [0.15, 0.2) is 29.4 Å². The van der Waals surface area contributed by atoms with Crippen molar-refractivity contribution in [3.63, 3.8) is 0 Å². The maximum atomic E-state index is 11.7. The number of hydrogen-bond acceptors (Lipinski definition) is 5. The second-order valence-corrected chi connectivity index (χ2v) is 5.27. The van der Waals surface area contributed by atoms with Crippen molar-refractivity contribution >= 4 is 28.7 Å². The van der Waals surface area contributed by atoms with E-state index in [1.165, 1.54) is 30.6 Å². The van der Waals surface area contributed by atoms with E-state index in [1.54, 1.807) is 7.11 Å². The van der Waals surface area contributed by atoms with Crippen LogP contribution in [-0.2, 0) is 9.59 Å². The van der Waals surface area contributed by atoms with Gasteiger partial charge in [-0.1, -0.05) is 23.9 Å². The number of nitrogens with zero attached hydrogens (tertiary/aromatic N) is 2. The normalized spacial score (nSPS) is 17.6. The smallest absolute Gasteiger partial charge is 0.241 e. The van der Waals surface area contributed by atoms with Gasteiger partial charge in [0.2, 0.25) is 11.8 Å². The van der Waals surface area contributed by atoms with Gasteiger partial charge in [-0.15, -0.1) is 5.10 Å². The Hall–Kier alpha value is -2.02. The molecule has 1 aromatic carbocycles. The van der Waals surface area contributed by atoms with Gasteiger partial charge in [-0.3, -0.25) is 9.59 Å². The molecule has 1 aliphatic rings. The highest BCUT2D eigenvalue weighted by Crippen LogP contribution is 2.39. The highest BCUT2D eigenvalue weighted by molar-refractivity contribution is 8.14. The molecule has 0 saturated carbocycles. The van der Waals surface area contributed by atoms with E-state index in [9.17, 15) is 9.59 Å². The monoisotopic (exact) mass is 293 g/mol. The van der Waals surface area contributed by atoms with E-state index < -0.39 is 0 Å². The van der Waals surface area contributed by atoms with Crippen LogP contribution in [0.4, 0.5) is 0 Å². The van der Waals surface area contributed by atoms with E-state index in [1.807, 2.05) is 24.3 Å². The predicted octanol–water partition coefficient (Wildman–Crippen LogP) is 1.70. The molecule has 1 N–H and O–H groups in total. The van der Waals surface area contributed by atoms with Crippen molar-refractivity contribution in [1.29, 1.82) is 0 Å². The quantitative estimate of drug-likeness (QED) is 0.901. The molecular weight excluding hydrogens is 278 g/mol. The van der Waals surface area contributed by atoms with Crippen molar-refractivity contribution in [2.24, 2.45) is 5.10 Å². The standard InChI is InChI=1S/C13H15N3O3S/c1-8(17)14-13-15-16(9(2)18)12(20-13)10-5-4-6-11(7-10)19-3/h4-7,12H,1-3H3,(H,14,15,17)/t12-/m1/s1. The molecule has 0 fully saturated rings. The van der Waals surface area contributed by atoms with Crippen LogP contribution >= 0.6 is 11.8 Å². The van der Waals surface area contributed by atoms with Gasteiger partial charge in [-0.2, -0.15) is 0 Å². The number of methoxy groups -OCH3 is 1. The van der Waals surface area contributed by atoms with Gasteiger partial charge < -0.3 is 10.1 Å². The van der Waals surface area contributed by atoms with Crippen molar-refractivity contribution < 1.29 is 14.3 Å². The molecule has 1 aliphatic heterocycles. The van der Waals surface area contributed by atoms with Crippen molar-refractivity contribution in [1.82, 2.24) is 10.3 Å². The third kappa shape index (κ3) is 3.11. The van der Waals surface area contributed by atoms with Crippen LogP contribution in [0.25, 0.3) is 0 Å². The Kier molecular flexibility index (Phi) is 4.29. The fourth-order valence-corrected chi connectivity index (χ4v) is 2.90. The first kappa shape index (κ1) is 14.4. The molecule has 0 spiro atoms. The first-order valence-electron chi connectivity index (χ1n) is 5.98. The summed E-state index contributed by atoms with van der Waals surface area (Å²) in [6.07, 6.45) is 0. The molecule has 1 heterocycles. The third-order valence-electron chi connectivity index (χ3n) is 2.63. The summed E-state index contributed by atoms with van der Waals surface area (Å²) >= 11 is 1.32. The van der Waals surface area contributed by atoms with Gasteiger partial charge in [0.1, 0.15) is 11.1 Å². The molecule has 0 saturated heterocycles. The molecule has 7 heteroatoms. The number of rotatable bonds is 2. The lowest BCUT2D eigenvalue weighted by Gasteiger charge is -2.19. The van der Waals surface area contributed by atoms with Gasteiger partial charge >= 0.3 is 0 Å². The van der Waals surface area contributed by atoms with E-state index in [-0.39, 0.29) is 17.2 Å². The summed E-state index contributed by atoms with van der Waals surface area (Å²) in [5.41, 5.74) is 0.883. The molecule has 2 amide bonds. The van der Waals surface area contributed by atoms with Gasteiger partial charge in [-0.25, -0.2) is 5.01 Å². The Balaban J connectivity index is 2.27. The minimum atomic E-state index is -0.301. The zero-order valence-corrected chi connectivity index (χ0v) is 12.2. The van der Waals surface area contributed by atoms with E-state index in [2.05, 4.69) is 10.4 Å². The van der Waals surface area contributed by atoms with Gasteiger partial charge in [0.25, 0.3) is 0 Å². The Morgan fingerprint density at radius 3 is 2.75 bits per heavy atom. The van der Waals surface area contributed by atoms with Crippen LogP contribution in [0.2, 0.25) is 0 Å². The van der Waals surface area contributed by atoms with Crippen molar-refractivity contribution in [2.45, 2.75) is 19.2 Å². The van der Waals surface area contributed by atoms with Gasteiger partial charge in [-0.05, 0) is 17.7 Å². The largest absolute Gasteiger partial charge is 0.497 e. The van der Waals surface area contributed by atoms with Crippen molar-refractivity contribution in [3.8, 4) is 5.75 Å². The number of ether oxygens (including phenoxy) is 1. The van der Waals surface area contributed by atoms with E-state index in [0.717, 1.165) is 5.56 Å². The lowest BCUT2D eigenvalue weighted by Crippen LogP contribution is -2.25. The van der Waals surface area contributed by atoms with E-state index in [0.29, 0.717) is 10.9 Å². The van der Waals surface area contributed by atoms with Gasteiger partial charge in [0.15, 0.2) is 5.17 Å². The van der Waals surface area contributed by atoms with Crippen molar-refractivity contribution in [2.75, 3.05) is 7.11 Å². The molecule has 1 atom stereocenters. The van der Waals surface area contributed by atoms with Crippen LogP contribution < -0.4 is 10.1 Å². The number of amides is 2. The lowest BCUT2D eigenvalue weighted by atomic mass is 10.2. The summed E-state index contributed by atoms with van der Waals surface area (Å²) in [4.78, 5) is 22.8. The highest BCUT2D eigenvalue weighted by Gasteiger charge is 2.32. The number of thioether (sulfide) groups is 1. The lowest BCUT2D eigenvalue weighted by molar-refractivity contribution is -0.129. The molecule has 1 aromatic rings. The molecule has 2 rings (SSSR count). The van der Waals surface area contributed by atoms with Gasteiger partial charge in [0, 0.05) is 13.8 Å². The summed E-state index contributed by atoms with van der Waals surface area (Å²) in [5, 5.41) is 8.20. The van der Waals surface area contributed by atoms with Gasteiger partial charge in [0.05, 0.1) is 7.11 Å². The minimum Gasteiger partial charge on any atom is -0.497 e. The Morgan fingerprint density at radius 1 is 1.40 bits per heavy atom. The first-order chi connectivity index (χ1) is 9.51. The Bertz CT molecular complexity index is 574. The zero-order valence-electron chi connectivity index (χ0n) is 11.4. The van der Waals surface area contributed by atoms with Crippen LogP contribution in [-0.4, -0.2) is 29.1 Å². The fourth-order valence-electron chi connectivity index (χ4n) is 1.77. The maximum absolute atomic E-state index is 11.7. The molecule has 0 radical (unpaired) electrons. The molecule has 0 bridgehead atoms. The SMILES string of the molecule is COc1cccc([C@H]2SC(NC(C)=O)=NN2C(C)=O)c1. The molecular formula is C13H15N3O3S. The van der Waals surface area contributed by atoms with Crippen LogP contribution in [0.1, 0.15) is 24.8 Å². The number of amidine groups is 1. The summed E-state index contributed by atoms with van der Waals surface area (Å²) in [6.45, 7) is 2.84. The molecule has 106 valence electrons. The average molecular weight is 293 g/mol.